The molecule has 0 fully saturated rings. The van der Waals surface area contributed by atoms with Crippen LogP contribution in [0, 0.1) is 5.82 Å². The lowest BCUT2D eigenvalue weighted by molar-refractivity contribution is 0.102. The Morgan fingerprint density at radius 3 is 2.77 bits per heavy atom. The molecule has 0 saturated heterocycles. The molecule has 1 aromatic heterocycles. The fraction of sp³-hybridized carbons (Fsp3) is 0. The van der Waals surface area contributed by atoms with Crippen molar-refractivity contribution >= 4 is 23.2 Å². The van der Waals surface area contributed by atoms with Gasteiger partial charge in [0.15, 0.2) is 0 Å². The molecular weight excluding hydrogens is 307 g/mol. The zero-order chi connectivity index (χ0) is 15.5. The normalized spacial score (nSPS) is 10.5. The fourth-order valence-electron chi connectivity index (χ4n) is 2.00. The number of benzene rings is 2. The molecule has 2 aromatic carbocycles. The summed E-state index contributed by atoms with van der Waals surface area (Å²) in [5, 5.41) is 7.12. The van der Waals surface area contributed by atoms with E-state index in [0.717, 1.165) is 6.07 Å². The molecule has 1 amide bonds. The lowest BCUT2D eigenvalue weighted by atomic mass is 10.2. The fourth-order valence-corrected chi connectivity index (χ4v) is 2.26. The predicted octanol–water partition coefficient (Wildman–Crippen LogP) is 3.31. The lowest BCUT2D eigenvalue weighted by Gasteiger charge is -2.12. The van der Waals surface area contributed by atoms with Gasteiger partial charge in [0.05, 0.1) is 10.7 Å². The summed E-state index contributed by atoms with van der Waals surface area (Å²) in [5.41, 5.74) is 1.16. The van der Waals surface area contributed by atoms with Crippen molar-refractivity contribution in [2.24, 2.45) is 0 Å². The molecule has 0 radical (unpaired) electrons. The van der Waals surface area contributed by atoms with Gasteiger partial charge in [-0.1, -0.05) is 23.7 Å². The number of halogens is 2. The maximum atomic E-state index is 13.2. The quantitative estimate of drug-likeness (QED) is 0.806. The number of nitrogens with one attached hydrogen (secondary N) is 1. The van der Waals surface area contributed by atoms with Crippen LogP contribution in [-0.4, -0.2) is 20.7 Å². The predicted molar refractivity (Wildman–Crippen MR) is 80.7 cm³/mol. The van der Waals surface area contributed by atoms with Gasteiger partial charge in [0, 0.05) is 5.56 Å². The average molecular weight is 317 g/mol. The van der Waals surface area contributed by atoms with Crippen molar-refractivity contribution in [1.29, 1.82) is 0 Å². The Bertz CT molecular complexity index is 820. The van der Waals surface area contributed by atoms with E-state index in [1.54, 1.807) is 18.2 Å². The maximum Gasteiger partial charge on any atom is 0.255 e. The Balaban J connectivity index is 1.96. The number of nitrogens with zero attached hydrogens (tertiary/aromatic N) is 3. The first-order valence-electron chi connectivity index (χ1n) is 6.35. The van der Waals surface area contributed by atoms with Gasteiger partial charge in [0.25, 0.3) is 5.91 Å². The third-order valence-electron chi connectivity index (χ3n) is 2.97. The van der Waals surface area contributed by atoms with Crippen LogP contribution in [0.4, 0.5) is 10.1 Å². The maximum absolute atomic E-state index is 13.2. The van der Waals surface area contributed by atoms with E-state index in [9.17, 15) is 9.18 Å². The van der Waals surface area contributed by atoms with Crippen LogP contribution >= 0.6 is 11.6 Å². The van der Waals surface area contributed by atoms with E-state index in [4.69, 9.17) is 11.6 Å². The summed E-state index contributed by atoms with van der Waals surface area (Å²) >= 11 is 6.18. The minimum atomic E-state index is -0.477. The highest BCUT2D eigenvalue weighted by molar-refractivity contribution is 6.33. The Kier molecular flexibility index (Phi) is 3.84. The van der Waals surface area contributed by atoms with Crippen molar-refractivity contribution < 1.29 is 9.18 Å². The number of para-hydroxylation sites is 1. The molecule has 1 heterocycles. The van der Waals surface area contributed by atoms with Gasteiger partial charge in [-0.05, 0) is 30.3 Å². The number of anilines is 1. The van der Waals surface area contributed by atoms with Crippen molar-refractivity contribution in [3.05, 3.63) is 71.5 Å². The van der Waals surface area contributed by atoms with Gasteiger partial charge in [0.2, 0.25) is 0 Å². The van der Waals surface area contributed by atoms with Crippen molar-refractivity contribution in [3.8, 4) is 5.69 Å². The van der Waals surface area contributed by atoms with Crippen LogP contribution in [0.2, 0.25) is 5.02 Å². The summed E-state index contributed by atoms with van der Waals surface area (Å²) in [7, 11) is 0. The van der Waals surface area contributed by atoms with E-state index in [1.807, 2.05) is 0 Å². The summed E-state index contributed by atoms with van der Waals surface area (Å²) in [6.07, 6.45) is 2.83. The average Bonchev–Trinajstić information content (AvgIpc) is 3.01. The van der Waals surface area contributed by atoms with E-state index < -0.39 is 11.7 Å². The molecule has 0 atom stereocenters. The molecule has 110 valence electrons. The Hall–Kier alpha value is -2.73. The molecule has 0 aliphatic heterocycles. The summed E-state index contributed by atoms with van der Waals surface area (Å²) in [6, 6.07) is 10.5. The molecule has 0 saturated carbocycles. The second-order valence-electron chi connectivity index (χ2n) is 4.44. The lowest BCUT2D eigenvalue weighted by Crippen LogP contribution is -2.14. The monoisotopic (exact) mass is 316 g/mol. The smallest absolute Gasteiger partial charge is 0.255 e. The van der Waals surface area contributed by atoms with Gasteiger partial charge in [0.1, 0.15) is 24.2 Å². The largest absolute Gasteiger partial charge is 0.320 e. The zero-order valence-electron chi connectivity index (χ0n) is 11.2. The third-order valence-corrected chi connectivity index (χ3v) is 3.27. The second-order valence-corrected chi connectivity index (χ2v) is 4.85. The standard InChI is InChI=1S/C15H10ClFN4O/c16-12-5-2-6-13(14(12)21-9-18-8-19-21)20-15(22)10-3-1-4-11(17)7-10/h1-9H,(H,20,22). The Labute approximate surface area is 130 Å². The van der Waals surface area contributed by atoms with Crippen LogP contribution in [0.25, 0.3) is 5.69 Å². The highest BCUT2D eigenvalue weighted by atomic mass is 35.5. The minimum Gasteiger partial charge on any atom is -0.320 e. The first-order chi connectivity index (χ1) is 10.6. The number of amides is 1. The second kappa shape index (κ2) is 5.95. The zero-order valence-corrected chi connectivity index (χ0v) is 12.0. The molecule has 5 nitrogen and oxygen atoms in total. The highest BCUT2D eigenvalue weighted by Crippen LogP contribution is 2.28. The van der Waals surface area contributed by atoms with Crippen molar-refractivity contribution in [2.75, 3.05) is 5.32 Å². The first kappa shape index (κ1) is 14.2. The first-order valence-corrected chi connectivity index (χ1v) is 6.73. The Morgan fingerprint density at radius 2 is 2.05 bits per heavy atom. The van der Waals surface area contributed by atoms with E-state index in [1.165, 1.54) is 35.5 Å². The minimum absolute atomic E-state index is 0.213. The van der Waals surface area contributed by atoms with Crippen LogP contribution in [0.3, 0.4) is 0 Å². The molecule has 0 spiro atoms. The molecule has 0 aliphatic rings. The molecule has 3 aromatic rings. The van der Waals surface area contributed by atoms with E-state index >= 15 is 0 Å². The van der Waals surface area contributed by atoms with Crippen LogP contribution in [0.15, 0.2) is 55.1 Å². The van der Waals surface area contributed by atoms with Gasteiger partial charge in [-0.3, -0.25) is 4.79 Å². The van der Waals surface area contributed by atoms with Crippen LogP contribution in [0.5, 0.6) is 0 Å². The van der Waals surface area contributed by atoms with Crippen LogP contribution in [0.1, 0.15) is 10.4 Å². The number of hydrogen-bond acceptors (Lipinski definition) is 3. The van der Waals surface area contributed by atoms with Gasteiger partial charge in [-0.15, -0.1) is 0 Å². The molecule has 22 heavy (non-hydrogen) atoms. The molecule has 1 N–H and O–H groups in total. The highest BCUT2D eigenvalue weighted by Gasteiger charge is 2.14. The van der Waals surface area contributed by atoms with E-state index in [-0.39, 0.29) is 5.56 Å². The summed E-state index contributed by atoms with van der Waals surface area (Å²) in [4.78, 5) is 16.1. The summed E-state index contributed by atoms with van der Waals surface area (Å²) < 4.78 is 14.7. The van der Waals surface area contributed by atoms with Crippen molar-refractivity contribution in [1.82, 2.24) is 14.8 Å². The number of rotatable bonds is 3. The van der Waals surface area contributed by atoms with Crippen molar-refractivity contribution in [3.63, 3.8) is 0 Å². The van der Waals surface area contributed by atoms with Crippen molar-refractivity contribution in [2.45, 2.75) is 0 Å². The number of aromatic nitrogens is 3. The van der Waals surface area contributed by atoms with Gasteiger partial charge >= 0.3 is 0 Å². The summed E-state index contributed by atoms with van der Waals surface area (Å²) in [5.74, 6) is -0.918. The Morgan fingerprint density at radius 1 is 1.23 bits per heavy atom. The molecule has 0 aliphatic carbocycles. The molecule has 3 rings (SSSR count). The van der Waals surface area contributed by atoms with Gasteiger partial charge in [-0.25, -0.2) is 14.1 Å². The van der Waals surface area contributed by atoms with E-state index in [0.29, 0.717) is 16.4 Å². The molecular formula is C15H10ClFN4O. The third kappa shape index (κ3) is 2.82. The number of carbonyl (C=O) groups excluding carboxylic acids is 1. The SMILES string of the molecule is O=C(Nc1cccc(Cl)c1-n1cncn1)c1cccc(F)c1. The van der Waals surface area contributed by atoms with Gasteiger partial charge in [-0.2, -0.15) is 5.10 Å². The number of carbonyl (C=O) groups is 1. The summed E-state index contributed by atoms with van der Waals surface area (Å²) in [6.45, 7) is 0. The van der Waals surface area contributed by atoms with E-state index in [2.05, 4.69) is 15.4 Å². The number of hydrogen-bond donors (Lipinski definition) is 1. The molecule has 0 bridgehead atoms. The van der Waals surface area contributed by atoms with Crippen LogP contribution in [-0.2, 0) is 0 Å². The van der Waals surface area contributed by atoms with Crippen LogP contribution < -0.4 is 5.32 Å². The molecule has 0 unspecified atom stereocenters. The van der Waals surface area contributed by atoms with Gasteiger partial charge < -0.3 is 5.32 Å². The molecule has 7 heteroatoms. The topological polar surface area (TPSA) is 59.8 Å².